The number of carboxylic acid groups (broad SMARTS) is 2. The fourth-order valence-corrected chi connectivity index (χ4v) is 0. The van der Waals surface area contributed by atoms with Gasteiger partial charge in [0.15, 0.2) is 0 Å². The van der Waals surface area contributed by atoms with Gasteiger partial charge in [-0.2, -0.15) is 0 Å². The van der Waals surface area contributed by atoms with Gasteiger partial charge in [0.1, 0.15) is 0 Å². The van der Waals surface area contributed by atoms with E-state index in [4.69, 9.17) is 37.3 Å². The Hall–Kier alpha value is -0.696. The van der Waals surface area contributed by atoms with Crippen LogP contribution >= 0.6 is 0 Å². The van der Waals surface area contributed by atoms with E-state index in [0.29, 0.717) is 0 Å². The molecule has 0 aromatic carbocycles. The number of carbonyl (C=O) groups is 2. The van der Waals surface area contributed by atoms with Gasteiger partial charge in [-0.25, -0.2) is 9.59 Å². The van der Waals surface area contributed by atoms with Crippen molar-refractivity contribution in [1.82, 2.24) is 0 Å². The van der Waals surface area contributed by atoms with E-state index in [0.717, 1.165) is 0 Å². The molecule has 0 atom stereocenters. The van der Waals surface area contributed by atoms with E-state index in [1.807, 2.05) is 0 Å². The molecule has 8 nitrogen and oxygen atoms in total. The topological polar surface area (TPSA) is 155 Å². The first-order valence-corrected chi connectivity index (χ1v) is 3.11. The summed E-state index contributed by atoms with van der Waals surface area (Å²) < 4.78 is 34.1. The van der Waals surface area contributed by atoms with Crippen molar-refractivity contribution in [3.05, 3.63) is 0 Å². The van der Waals surface area contributed by atoms with Crippen LogP contribution in [0.15, 0.2) is 0 Å². The third-order valence-corrected chi connectivity index (χ3v) is 0.183. The molecule has 2 N–H and O–H groups in total. The van der Waals surface area contributed by atoms with Crippen molar-refractivity contribution < 1.29 is 53.8 Å². The second-order valence-corrected chi connectivity index (χ2v) is 1.84. The maximum Gasteiger partial charge on any atom is 2.00 e. The SMILES string of the molecule is O=C(O)C(=O)O.O=S(=O)([O-])[O-].[Ni+2]. The van der Waals surface area contributed by atoms with Crippen molar-refractivity contribution >= 4 is 22.3 Å². The predicted octanol–water partition coefficient (Wildman–Crippen LogP) is -2.18. The van der Waals surface area contributed by atoms with Crippen molar-refractivity contribution in [2.45, 2.75) is 0 Å². The summed E-state index contributed by atoms with van der Waals surface area (Å²) in [6.45, 7) is 0. The molecule has 0 saturated carbocycles. The summed E-state index contributed by atoms with van der Waals surface area (Å²) in [5, 5.41) is 14.8. The van der Waals surface area contributed by atoms with Gasteiger partial charge in [0.2, 0.25) is 0 Å². The largest absolute Gasteiger partial charge is 2.00 e. The zero-order valence-electron chi connectivity index (χ0n) is 5.07. The third-order valence-electron chi connectivity index (χ3n) is 0.183. The normalized spacial score (nSPS) is 8.50. The van der Waals surface area contributed by atoms with Crippen LogP contribution in [-0.4, -0.2) is 39.7 Å². The van der Waals surface area contributed by atoms with E-state index in [1.165, 1.54) is 0 Å². The van der Waals surface area contributed by atoms with Crippen molar-refractivity contribution in [2.75, 3.05) is 0 Å². The van der Waals surface area contributed by atoms with E-state index < -0.39 is 22.3 Å². The summed E-state index contributed by atoms with van der Waals surface area (Å²) in [4.78, 5) is 18.2. The predicted molar refractivity (Wildman–Crippen MR) is 25.7 cm³/mol. The standard InChI is InChI=1S/C2H2O4.Ni.H2O4S/c3-1(4)2(5)6;;1-5(2,3)4/h(H,3,4)(H,5,6);;(H2,1,2,3,4)/q;+2;/p-2. The Morgan fingerprint density at radius 3 is 1.08 bits per heavy atom. The molecule has 0 unspecified atom stereocenters. The number of aliphatic carboxylic acids is 2. The van der Waals surface area contributed by atoms with Crippen LogP contribution in [0, 0.1) is 0 Å². The Morgan fingerprint density at radius 1 is 1.00 bits per heavy atom. The maximum atomic E-state index is 9.10. The molecule has 0 aromatic rings. The van der Waals surface area contributed by atoms with E-state index in [2.05, 4.69) is 0 Å². The number of rotatable bonds is 0. The fraction of sp³-hybridized carbons (Fsp3) is 0. The van der Waals surface area contributed by atoms with Crippen LogP contribution in [0.3, 0.4) is 0 Å². The van der Waals surface area contributed by atoms with Gasteiger partial charge in [-0.15, -0.1) is 0 Å². The minimum absolute atomic E-state index is 0. The first kappa shape index (κ1) is 17.4. The smallest absolute Gasteiger partial charge is 0.759 e. The number of hydrogen-bond acceptors (Lipinski definition) is 6. The molecule has 0 aliphatic carbocycles. The van der Waals surface area contributed by atoms with E-state index in [1.54, 1.807) is 0 Å². The summed E-state index contributed by atoms with van der Waals surface area (Å²) >= 11 is 0. The van der Waals surface area contributed by atoms with Crippen molar-refractivity contribution in [3.63, 3.8) is 0 Å². The van der Waals surface area contributed by atoms with Gasteiger partial charge < -0.3 is 19.3 Å². The summed E-state index contributed by atoms with van der Waals surface area (Å²) in [6, 6.07) is 0. The van der Waals surface area contributed by atoms with Crippen molar-refractivity contribution in [3.8, 4) is 0 Å². The molecule has 0 spiro atoms. The van der Waals surface area contributed by atoms with Gasteiger partial charge in [0, 0.05) is 10.4 Å². The molecule has 0 aromatic heterocycles. The monoisotopic (exact) mass is 244 g/mol. The summed E-state index contributed by atoms with van der Waals surface area (Å²) in [6.07, 6.45) is 0. The van der Waals surface area contributed by atoms with Crippen LogP contribution in [-0.2, 0) is 36.5 Å². The Kier molecular flexibility index (Phi) is 10.1. The third kappa shape index (κ3) is 58.8. The molecule has 0 rings (SSSR count). The molecule has 0 fully saturated rings. The van der Waals surface area contributed by atoms with Crippen LogP contribution in [0.2, 0.25) is 0 Å². The first-order valence-electron chi connectivity index (χ1n) is 1.77. The summed E-state index contributed by atoms with van der Waals surface area (Å²) in [5.74, 6) is -3.65. The molecule has 0 amide bonds. The molecule has 0 aliphatic rings. The minimum atomic E-state index is -5.17. The maximum absolute atomic E-state index is 9.10. The Balaban J connectivity index is -0.000000126. The molecule has 0 aliphatic heterocycles. The van der Waals surface area contributed by atoms with E-state index >= 15 is 0 Å². The molecule has 0 saturated heterocycles. The summed E-state index contributed by atoms with van der Waals surface area (Å²) in [7, 11) is -5.17. The van der Waals surface area contributed by atoms with Gasteiger partial charge in [-0.1, -0.05) is 0 Å². The molecule has 0 bridgehead atoms. The number of carboxylic acids is 2. The average Bonchev–Trinajstić information content (AvgIpc) is 1.59. The first-order chi connectivity index (χ1) is 4.64. The fourth-order valence-electron chi connectivity index (χ4n) is 0. The molecule has 12 heavy (non-hydrogen) atoms. The van der Waals surface area contributed by atoms with Gasteiger partial charge in [0.05, 0.1) is 0 Å². The van der Waals surface area contributed by atoms with Crippen LogP contribution in [0.25, 0.3) is 0 Å². The zero-order chi connectivity index (χ0) is 9.65. The minimum Gasteiger partial charge on any atom is -0.759 e. The molecular formula is C2H2NiO8S. The molecule has 0 radical (unpaired) electrons. The second-order valence-electron chi connectivity index (χ2n) is 1.02. The van der Waals surface area contributed by atoms with Gasteiger partial charge in [0.25, 0.3) is 0 Å². The van der Waals surface area contributed by atoms with Crippen molar-refractivity contribution in [1.29, 1.82) is 0 Å². The summed E-state index contributed by atoms with van der Waals surface area (Å²) in [5.41, 5.74) is 0. The molecular weight excluding hydrogens is 243 g/mol. The Morgan fingerprint density at radius 2 is 1.08 bits per heavy atom. The van der Waals surface area contributed by atoms with Gasteiger partial charge >= 0.3 is 28.4 Å². The molecule has 74 valence electrons. The second kappa shape index (κ2) is 6.98. The van der Waals surface area contributed by atoms with Crippen LogP contribution in [0.4, 0.5) is 0 Å². The zero-order valence-corrected chi connectivity index (χ0v) is 6.87. The Labute approximate surface area is 76.7 Å². The van der Waals surface area contributed by atoms with Crippen LogP contribution in [0.1, 0.15) is 0 Å². The molecule has 0 heterocycles. The molecule has 10 heteroatoms. The average molecular weight is 245 g/mol. The van der Waals surface area contributed by atoms with Crippen LogP contribution in [0.5, 0.6) is 0 Å². The quantitative estimate of drug-likeness (QED) is 0.211. The van der Waals surface area contributed by atoms with E-state index in [9.17, 15) is 0 Å². The number of hydrogen-bond donors (Lipinski definition) is 2. The Bertz CT molecular complexity index is 220. The van der Waals surface area contributed by atoms with Crippen molar-refractivity contribution in [2.24, 2.45) is 0 Å². The van der Waals surface area contributed by atoms with Gasteiger partial charge in [-0.05, 0) is 0 Å². The van der Waals surface area contributed by atoms with E-state index in [-0.39, 0.29) is 16.5 Å². The van der Waals surface area contributed by atoms with Gasteiger partial charge in [-0.3, -0.25) is 8.42 Å². The van der Waals surface area contributed by atoms with Crippen LogP contribution < -0.4 is 0 Å².